The fourth-order valence-corrected chi connectivity index (χ4v) is 3.56. The molecule has 2 nitrogen and oxygen atoms in total. The molecule has 0 amide bonds. The summed E-state index contributed by atoms with van der Waals surface area (Å²) in [5, 5.41) is 0. The van der Waals surface area contributed by atoms with E-state index in [0.717, 1.165) is 11.3 Å². The van der Waals surface area contributed by atoms with Gasteiger partial charge in [0.15, 0.2) is 4.21 Å². The highest BCUT2D eigenvalue weighted by molar-refractivity contribution is 9.11. The van der Waals surface area contributed by atoms with Crippen LogP contribution in [0.1, 0.15) is 5.56 Å². The van der Waals surface area contributed by atoms with Crippen molar-refractivity contribution in [3.05, 3.63) is 15.4 Å². The summed E-state index contributed by atoms with van der Waals surface area (Å²) in [4.78, 5) is 0. The predicted octanol–water partition coefficient (Wildman–Crippen LogP) is 2.48. The van der Waals surface area contributed by atoms with E-state index < -0.39 is 10.2 Å². The molecule has 0 aliphatic heterocycles. The molecule has 6 heteroatoms. The maximum absolute atomic E-state index is 12.4. The largest absolute Gasteiger partial charge is 0.341 e. The Bertz CT molecular complexity index is 368. The minimum Gasteiger partial charge on any atom is -0.188 e. The highest BCUT2D eigenvalue weighted by atomic mass is 79.9. The first-order valence-corrected chi connectivity index (χ1v) is 5.61. The van der Waals surface area contributed by atoms with Crippen molar-refractivity contribution in [3.8, 4) is 0 Å². The van der Waals surface area contributed by atoms with Crippen LogP contribution in [-0.4, -0.2) is 8.42 Å². The van der Waals surface area contributed by atoms with Crippen LogP contribution < -0.4 is 0 Å². The van der Waals surface area contributed by atoms with Crippen molar-refractivity contribution in [1.82, 2.24) is 0 Å². The first-order chi connectivity index (χ1) is 4.91. The van der Waals surface area contributed by atoms with E-state index in [0.29, 0.717) is 9.35 Å². The van der Waals surface area contributed by atoms with Gasteiger partial charge in [-0.05, 0) is 34.5 Å². The van der Waals surface area contributed by atoms with Crippen LogP contribution in [0, 0.1) is 6.92 Å². The quantitative estimate of drug-likeness (QED) is 0.726. The van der Waals surface area contributed by atoms with Crippen LogP contribution in [0.5, 0.6) is 0 Å². The van der Waals surface area contributed by atoms with Crippen molar-refractivity contribution in [2.75, 3.05) is 0 Å². The lowest BCUT2D eigenvalue weighted by atomic mass is 10.4. The zero-order valence-electron chi connectivity index (χ0n) is 5.47. The van der Waals surface area contributed by atoms with Crippen molar-refractivity contribution in [1.29, 1.82) is 0 Å². The molecule has 0 atom stereocenters. The van der Waals surface area contributed by atoms with Crippen LogP contribution >= 0.6 is 27.3 Å². The molecule has 0 unspecified atom stereocenters. The minimum absolute atomic E-state index is 0.218. The molecule has 1 aromatic heterocycles. The lowest BCUT2D eigenvalue weighted by Gasteiger charge is -1.87. The van der Waals surface area contributed by atoms with E-state index >= 15 is 0 Å². The number of aryl methyl sites for hydroxylation is 1. The Morgan fingerprint density at radius 1 is 1.64 bits per heavy atom. The summed E-state index contributed by atoms with van der Waals surface area (Å²) < 4.78 is 33.5. The second-order valence-corrected chi connectivity index (χ2v) is 5.93. The normalized spacial score (nSPS) is 11.9. The van der Waals surface area contributed by atoms with Gasteiger partial charge in [-0.1, -0.05) is 3.89 Å². The van der Waals surface area contributed by atoms with Gasteiger partial charge in [0.05, 0.1) is 3.79 Å². The summed E-state index contributed by atoms with van der Waals surface area (Å²) in [6, 6.07) is 1.57. The van der Waals surface area contributed by atoms with Crippen LogP contribution in [-0.2, 0) is 10.2 Å². The van der Waals surface area contributed by atoms with E-state index in [1.807, 2.05) is 0 Å². The molecular formula is C5H4BrFO2S2. The van der Waals surface area contributed by atoms with Crippen LogP contribution in [0.25, 0.3) is 0 Å². The monoisotopic (exact) mass is 258 g/mol. The number of halogens is 2. The van der Waals surface area contributed by atoms with Gasteiger partial charge in [-0.25, -0.2) is 0 Å². The Morgan fingerprint density at radius 2 is 2.18 bits per heavy atom. The van der Waals surface area contributed by atoms with E-state index in [-0.39, 0.29) is 4.21 Å². The molecule has 0 aromatic carbocycles. The molecule has 1 aromatic rings. The first-order valence-electron chi connectivity index (χ1n) is 2.62. The Labute approximate surface area is 76.4 Å². The lowest BCUT2D eigenvalue weighted by Crippen LogP contribution is -1.88. The molecule has 0 saturated heterocycles. The number of thiophene rings is 1. The van der Waals surface area contributed by atoms with Gasteiger partial charge in [-0.3, -0.25) is 0 Å². The van der Waals surface area contributed by atoms with Crippen molar-refractivity contribution in [3.63, 3.8) is 0 Å². The smallest absolute Gasteiger partial charge is 0.188 e. The van der Waals surface area contributed by atoms with E-state index in [1.165, 1.54) is 0 Å². The SMILES string of the molecule is Cc1cc(Br)sc1S(=O)(=O)F. The van der Waals surface area contributed by atoms with Gasteiger partial charge in [0, 0.05) is 0 Å². The number of hydrogen-bond acceptors (Lipinski definition) is 3. The van der Waals surface area contributed by atoms with Crippen LogP contribution in [0.4, 0.5) is 3.89 Å². The Balaban J connectivity index is 3.36. The summed E-state index contributed by atoms with van der Waals surface area (Å²) in [7, 11) is -4.52. The Hall–Kier alpha value is 0.0600. The van der Waals surface area contributed by atoms with E-state index in [2.05, 4.69) is 15.9 Å². The summed E-state index contributed by atoms with van der Waals surface area (Å²) in [5.41, 5.74) is 0.435. The highest BCUT2D eigenvalue weighted by Gasteiger charge is 2.18. The van der Waals surface area contributed by atoms with Gasteiger partial charge in [-0.15, -0.1) is 11.3 Å². The molecule has 1 rings (SSSR count). The molecule has 0 aliphatic rings. The average Bonchev–Trinajstić information content (AvgIpc) is 2.08. The molecule has 0 saturated carbocycles. The number of rotatable bonds is 1. The molecule has 0 aliphatic carbocycles. The molecule has 1 heterocycles. The Morgan fingerprint density at radius 3 is 2.36 bits per heavy atom. The standard InChI is InChI=1S/C5H4BrFO2S2/c1-3-2-4(6)10-5(3)11(7,8)9/h2H,1H3. The molecule has 0 bridgehead atoms. The van der Waals surface area contributed by atoms with E-state index in [1.54, 1.807) is 13.0 Å². The third kappa shape index (κ3) is 2.00. The fraction of sp³-hybridized carbons (Fsp3) is 0.200. The lowest BCUT2D eigenvalue weighted by molar-refractivity contribution is 0.554. The maximum atomic E-state index is 12.4. The van der Waals surface area contributed by atoms with Crippen molar-refractivity contribution in [2.24, 2.45) is 0 Å². The van der Waals surface area contributed by atoms with Crippen LogP contribution in [0.15, 0.2) is 14.1 Å². The second kappa shape index (κ2) is 2.84. The second-order valence-electron chi connectivity index (χ2n) is 1.96. The van der Waals surface area contributed by atoms with Gasteiger partial charge in [-0.2, -0.15) is 8.42 Å². The van der Waals surface area contributed by atoms with Gasteiger partial charge in [0.1, 0.15) is 0 Å². The minimum atomic E-state index is -4.52. The number of hydrogen-bond donors (Lipinski definition) is 0. The van der Waals surface area contributed by atoms with Gasteiger partial charge >= 0.3 is 10.2 Å². The van der Waals surface area contributed by atoms with Crippen molar-refractivity contribution >= 4 is 37.5 Å². The summed E-state index contributed by atoms with van der Waals surface area (Å²) in [5.74, 6) is 0. The molecule has 62 valence electrons. The van der Waals surface area contributed by atoms with Gasteiger partial charge in [0.2, 0.25) is 0 Å². The molecule has 0 N–H and O–H groups in total. The van der Waals surface area contributed by atoms with Gasteiger partial charge < -0.3 is 0 Å². The zero-order valence-corrected chi connectivity index (χ0v) is 8.69. The topological polar surface area (TPSA) is 34.1 Å². The summed E-state index contributed by atoms with van der Waals surface area (Å²) in [6.45, 7) is 1.55. The average molecular weight is 259 g/mol. The molecule has 0 fully saturated rings. The Kier molecular flexibility index (Phi) is 2.36. The van der Waals surface area contributed by atoms with E-state index in [9.17, 15) is 12.3 Å². The zero-order chi connectivity index (χ0) is 8.65. The molecular weight excluding hydrogens is 255 g/mol. The fourth-order valence-electron chi connectivity index (χ4n) is 0.670. The summed E-state index contributed by atoms with van der Waals surface area (Å²) in [6.07, 6.45) is 0. The molecule has 0 spiro atoms. The first kappa shape index (κ1) is 9.15. The van der Waals surface area contributed by atoms with Crippen molar-refractivity contribution < 1.29 is 12.3 Å². The third-order valence-electron chi connectivity index (χ3n) is 1.06. The summed E-state index contributed by atoms with van der Waals surface area (Å²) >= 11 is 3.94. The highest BCUT2D eigenvalue weighted by Crippen LogP contribution is 2.31. The van der Waals surface area contributed by atoms with Crippen LogP contribution in [0.3, 0.4) is 0 Å². The van der Waals surface area contributed by atoms with Crippen LogP contribution in [0.2, 0.25) is 0 Å². The van der Waals surface area contributed by atoms with Crippen molar-refractivity contribution in [2.45, 2.75) is 11.1 Å². The molecule has 11 heavy (non-hydrogen) atoms. The predicted molar refractivity (Wildman–Crippen MR) is 45.0 cm³/mol. The van der Waals surface area contributed by atoms with E-state index in [4.69, 9.17) is 0 Å². The molecule has 0 radical (unpaired) electrons. The van der Waals surface area contributed by atoms with Gasteiger partial charge in [0.25, 0.3) is 0 Å². The third-order valence-corrected chi connectivity index (χ3v) is 4.21. The maximum Gasteiger partial charge on any atom is 0.341 e.